The number of benzene rings is 2. The standard InChI is InChI=1S/C23H26O5/c1-3-5-6-7-22(24)27-20-13-15-21(16-14-20)28-23(25)17-10-18-8-11-19(12-9-18)26-4-2/h8-17H,3-7H2,1-2H3/b17-10+. The molecule has 28 heavy (non-hydrogen) atoms. The Bertz CT molecular complexity index is 776. The summed E-state index contributed by atoms with van der Waals surface area (Å²) in [5, 5.41) is 0. The van der Waals surface area contributed by atoms with Crippen molar-refractivity contribution in [3.05, 3.63) is 60.2 Å². The summed E-state index contributed by atoms with van der Waals surface area (Å²) in [4.78, 5) is 23.6. The third kappa shape index (κ3) is 7.66. The summed E-state index contributed by atoms with van der Waals surface area (Å²) in [5.41, 5.74) is 0.866. The SMILES string of the molecule is CCCCCC(=O)Oc1ccc(OC(=O)/C=C/c2ccc(OCC)cc2)cc1. The molecule has 0 atom stereocenters. The van der Waals surface area contributed by atoms with E-state index in [4.69, 9.17) is 14.2 Å². The van der Waals surface area contributed by atoms with Crippen LogP contribution < -0.4 is 14.2 Å². The molecule has 0 spiro atoms. The van der Waals surface area contributed by atoms with Crippen molar-refractivity contribution in [1.82, 2.24) is 0 Å². The minimum atomic E-state index is -0.488. The van der Waals surface area contributed by atoms with Crippen LogP contribution in [0.25, 0.3) is 6.08 Å². The van der Waals surface area contributed by atoms with Gasteiger partial charge in [-0.3, -0.25) is 4.79 Å². The second-order valence-corrected chi connectivity index (χ2v) is 6.16. The number of carbonyl (C=O) groups excluding carboxylic acids is 2. The Morgan fingerprint density at radius 2 is 1.43 bits per heavy atom. The maximum Gasteiger partial charge on any atom is 0.336 e. The molecule has 0 aliphatic heterocycles. The van der Waals surface area contributed by atoms with Crippen LogP contribution in [0.5, 0.6) is 17.2 Å². The van der Waals surface area contributed by atoms with E-state index < -0.39 is 5.97 Å². The van der Waals surface area contributed by atoms with Crippen molar-refractivity contribution in [3.8, 4) is 17.2 Å². The van der Waals surface area contributed by atoms with E-state index in [1.807, 2.05) is 31.2 Å². The maximum absolute atomic E-state index is 11.9. The van der Waals surface area contributed by atoms with Gasteiger partial charge in [0.25, 0.3) is 0 Å². The molecule has 0 saturated heterocycles. The Morgan fingerprint density at radius 1 is 0.821 bits per heavy atom. The first-order chi connectivity index (χ1) is 13.6. The van der Waals surface area contributed by atoms with Crippen LogP contribution in [0, 0.1) is 0 Å². The lowest BCUT2D eigenvalue weighted by molar-refractivity contribution is -0.134. The number of hydrogen-bond acceptors (Lipinski definition) is 5. The molecule has 0 aliphatic carbocycles. The van der Waals surface area contributed by atoms with Gasteiger partial charge in [0.15, 0.2) is 0 Å². The van der Waals surface area contributed by atoms with Crippen LogP contribution in [0.15, 0.2) is 54.6 Å². The second-order valence-electron chi connectivity index (χ2n) is 6.16. The highest BCUT2D eigenvalue weighted by Crippen LogP contribution is 2.19. The van der Waals surface area contributed by atoms with E-state index in [2.05, 4.69) is 6.92 Å². The first-order valence-electron chi connectivity index (χ1n) is 9.54. The predicted molar refractivity (Wildman–Crippen MR) is 108 cm³/mol. The molecular formula is C23H26O5. The molecule has 5 nitrogen and oxygen atoms in total. The predicted octanol–water partition coefficient (Wildman–Crippen LogP) is 5.19. The van der Waals surface area contributed by atoms with E-state index in [0.717, 1.165) is 30.6 Å². The molecule has 148 valence electrons. The lowest BCUT2D eigenvalue weighted by atomic mass is 10.2. The fourth-order valence-corrected chi connectivity index (χ4v) is 2.43. The first kappa shape index (κ1) is 21.2. The van der Waals surface area contributed by atoms with Crippen LogP contribution >= 0.6 is 0 Å². The minimum absolute atomic E-state index is 0.253. The van der Waals surface area contributed by atoms with Crippen LogP contribution in [0.2, 0.25) is 0 Å². The van der Waals surface area contributed by atoms with Gasteiger partial charge in [-0.1, -0.05) is 31.9 Å². The van der Waals surface area contributed by atoms with E-state index in [0.29, 0.717) is 24.5 Å². The van der Waals surface area contributed by atoms with Crippen molar-refractivity contribution in [2.45, 2.75) is 39.5 Å². The summed E-state index contributed by atoms with van der Waals surface area (Å²) >= 11 is 0. The molecule has 0 bridgehead atoms. The fraction of sp³-hybridized carbons (Fsp3) is 0.304. The number of unbranched alkanes of at least 4 members (excludes halogenated alkanes) is 2. The number of rotatable bonds is 10. The molecule has 0 fully saturated rings. The molecule has 0 aromatic heterocycles. The molecule has 0 radical (unpaired) electrons. The van der Waals surface area contributed by atoms with Gasteiger partial charge in [-0.05, 0) is 61.4 Å². The maximum atomic E-state index is 11.9. The molecule has 0 heterocycles. The summed E-state index contributed by atoms with van der Waals surface area (Å²) < 4.78 is 15.9. The van der Waals surface area contributed by atoms with Crippen LogP contribution in [0.1, 0.15) is 45.1 Å². The van der Waals surface area contributed by atoms with Crippen molar-refractivity contribution in [2.75, 3.05) is 6.61 Å². The topological polar surface area (TPSA) is 61.8 Å². The highest BCUT2D eigenvalue weighted by molar-refractivity contribution is 5.88. The van der Waals surface area contributed by atoms with Gasteiger partial charge in [0.05, 0.1) is 6.61 Å². The van der Waals surface area contributed by atoms with Gasteiger partial charge in [0.2, 0.25) is 0 Å². The summed E-state index contributed by atoms with van der Waals surface area (Å²) in [6, 6.07) is 13.8. The van der Waals surface area contributed by atoms with Gasteiger partial charge in [0, 0.05) is 12.5 Å². The van der Waals surface area contributed by atoms with Gasteiger partial charge in [-0.25, -0.2) is 4.79 Å². The van der Waals surface area contributed by atoms with Crippen molar-refractivity contribution in [3.63, 3.8) is 0 Å². The fourth-order valence-electron chi connectivity index (χ4n) is 2.43. The van der Waals surface area contributed by atoms with Crippen LogP contribution in [0.4, 0.5) is 0 Å². The zero-order valence-electron chi connectivity index (χ0n) is 16.4. The van der Waals surface area contributed by atoms with Crippen LogP contribution in [-0.4, -0.2) is 18.5 Å². The highest BCUT2D eigenvalue weighted by atomic mass is 16.5. The Kier molecular flexibility index (Phi) is 8.79. The Labute approximate surface area is 165 Å². The molecule has 0 aliphatic rings. The Morgan fingerprint density at radius 3 is 2.04 bits per heavy atom. The lowest BCUT2D eigenvalue weighted by Crippen LogP contribution is -2.07. The number of esters is 2. The number of carbonyl (C=O) groups is 2. The molecule has 2 aromatic rings. The van der Waals surface area contributed by atoms with Crippen LogP contribution in [-0.2, 0) is 9.59 Å². The molecule has 0 amide bonds. The number of hydrogen-bond donors (Lipinski definition) is 0. The third-order valence-corrected chi connectivity index (χ3v) is 3.86. The monoisotopic (exact) mass is 382 g/mol. The van der Waals surface area contributed by atoms with Crippen molar-refractivity contribution in [2.24, 2.45) is 0 Å². The Hall–Kier alpha value is -3.08. The molecule has 0 unspecified atom stereocenters. The lowest BCUT2D eigenvalue weighted by Gasteiger charge is -2.06. The number of ether oxygens (including phenoxy) is 3. The largest absolute Gasteiger partial charge is 0.494 e. The molecule has 2 rings (SSSR count). The van der Waals surface area contributed by atoms with Gasteiger partial charge in [-0.15, -0.1) is 0 Å². The minimum Gasteiger partial charge on any atom is -0.494 e. The summed E-state index contributed by atoms with van der Waals surface area (Å²) in [7, 11) is 0. The summed E-state index contributed by atoms with van der Waals surface area (Å²) in [6.07, 6.45) is 6.32. The normalized spacial score (nSPS) is 10.6. The van der Waals surface area contributed by atoms with Crippen molar-refractivity contribution >= 4 is 18.0 Å². The first-order valence-corrected chi connectivity index (χ1v) is 9.54. The average Bonchev–Trinajstić information content (AvgIpc) is 2.69. The molecule has 0 saturated carbocycles. The van der Waals surface area contributed by atoms with E-state index >= 15 is 0 Å². The van der Waals surface area contributed by atoms with Gasteiger partial charge < -0.3 is 14.2 Å². The van der Waals surface area contributed by atoms with E-state index in [1.54, 1.807) is 30.3 Å². The molecular weight excluding hydrogens is 356 g/mol. The highest BCUT2D eigenvalue weighted by Gasteiger charge is 2.06. The average molecular weight is 382 g/mol. The summed E-state index contributed by atoms with van der Waals surface area (Å²) in [5.74, 6) is 0.862. The van der Waals surface area contributed by atoms with Gasteiger partial charge in [0.1, 0.15) is 17.2 Å². The molecule has 5 heteroatoms. The van der Waals surface area contributed by atoms with Crippen molar-refractivity contribution in [1.29, 1.82) is 0 Å². The zero-order valence-corrected chi connectivity index (χ0v) is 16.4. The zero-order chi connectivity index (χ0) is 20.2. The van der Waals surface area contributed by atoms with Crippen molar-refractivity contribution < 1.29 is 23.8 Å². The summed E-state index contributed by atoms with van der Waals surface area (Å²) in [6.45, 7) is 4.62. The quantitative estimate of drug-likeness (QED) is 0.245. The molecule has 0 N–H and O–H groups in total. The van der Waals surface area contributed by atoms with E-state index in [1.165, 1.54) is 6.08 Å². The van der Waals surface area contributed by atoms with E-state index in [-0.39, 0.29) is 5.97 Å². The van der Waals surface area contributed by atoms with Crippen LogP contribution in [0.3, 0.4) is 0 Å². The van der Waals surface area contributed by atoms with Gasteiger partial charge >= 0.3 is 11.9 Å². The second kappa shape index (κ2) is 11.6. The van der Waals surface area contributed by atoms with Gasteiger partial charge in [-0.2, -0.15) is 0 Å². The molecule has 2 aromatic carbocycles. The Balaban J connectivity index is 1.82. The third-order valence-electron chi connectivity index (χ3n) is 3.86. The smallest absolute Gasteiger partial charge is 0.336 e. The van der Waals surface area contributed by atoms with E-state index in [9.17, 15) is 9.59 Å².